The molecule has 0 saturated carbocycles. The third kappa shape index (κ3) is 3.74. The highest BCUT2D eigenvalue weighted by Crippen LogP contribution is 2.46. The number of fused-ring (bicyclic) bond motifs is 1. The molecular weight excluding hydrogens is 460 g/mol. The largest absolute Gasteiger partial charge is 0.507 e. The van der Waals surface area contributed by atoms with E-state index < -0.39 is 40.1 Å². The van der Waals surface area contributed by atoms with Crippen molar-refractivity contribution in [3.63, 3.8) is 0 Å². The van der Waals surface area contributed by atoms with Gasteiger partial charge in [0.25, 0.3) is 0 Å². The monoisotopic (exact) mass is 482 g/mol. The van der Waals surface area contributed by atoms with Crippen LogP contribution in [0.3, 0.4) is 0 Å². The molecule has 35 heavy (non-hydrogen) atoms. The number of phenols is 5. The van der Waals surface area contributed by atoms with Gasteiger partial charge in [0.05, 0.1) is 14.2 Å². The van der Waals surface area contributed by atoms with E-state index in [9.17, 15) is 35.4 Å². The predicted molar refractivity (Wildman–Crippen MR) is 125 cm³/mol. The molecule has 0 aliphatic carbocycles. The molecule has 4 rings (SSSR count). The Balaban J connectivity index is 2.04. The fraction of sp³-hybridized carbons (Fsp3) is 0.160. The molecule has 0 radical (unpaired) electrons. The molecule has 10 heteroatoms. The van der Waals surface area contributed by atoms with Gasteiger partial charge in [-0.15, -0.1) is 0 Å². The van der Waals surface area contributed by atoms with Crippen LogP contribution in [-0.2, 0) is 0 Å². The Hall–Kier alpha value is -4.73. The van der Waals surface area contributed by atoms with E-state index in [2.05, 4.69) is 0 Å². The van der Waals surface area contributed by atoms with Crippen molar-refractivity contribution in [2.75, 3.05) is 14.2 Å². The van der Waals surface area contributed by atoms with Crippen molar-refractivity contribution in [1.29, 1.82) is 0 Å². The Labute approximate surface area is 198 Å². The Bertz CT molecular complexity index is 1490. The number of aromatic hydroxyl groups is 6. The molecule has 0 bridgehead atoms. The van der Waals surface area contributed by atoms with Crippen LogP contribution in [0, 0.1) is 0 Å². The van der Waals surface area contributed by atoms with Crippen LogP contribution >= 0.6 is 0 Å². The van der Waals surface area contributed by atoms with Crippen molar-refractivity contribution in [2.24, 2.45) is 0 Å². The average molecular weight is 482 g/mol. The van der Waals surface area contributed by atoms with Gasteiger partial charge >= 0.3 is 0 Å². The Kier molecular flexibility index (Phi) is 5.73. The third-order valence-corrected chi connectivity index (χ3v) is 5.81. The first-order valence-corrected chi connectivity index (χ1v) is 10.3. The smallest absolute Gasteiger partial charge is 0.238 e. The Morgan fingerprint density at radius 3 is 1.97 bits per heavy atom. The summed E-state index contributed by atoms with van der Waals surface area (Å²) < 4.78 is 16.3. The second-order valence-corrected chi connectivity index (χ2v) is 7.84. The summed E-state index contributed by atoms with van der Waals surface area (Å²) in [6.45, 7) is 1.68. The number of benzene rings is 3. The number of hydrogen-bond acceptors (Lipinski definition) is 10. The maximum Gasteiger partial charge on any atom is 0.238 e. The molecular formula is C25H22O10. The van der Waals surface area contributed by atoms with Crippen molar-refractivity contribution in [1.82, 2.24) is 0 Å². The van der Waals surface area contributed by atoms with Gasteiger partial charge in [-0.3, -0.25) is 4.79 Å². The number of ether oxygens (including phenoxy) is 2. The summed E-state index contributed by atoms with van der Waals surface area (Å²) in [4.78, 5) is 13.0. The van der Waals surface area contributed by atoms with Crippen LogP contribution in [0.4, 0.5) is 0 Å². The van der Waals surface area contributed by atoms with E-state index in [0.29, 0.717) is 5.56 Å². The summed E-state index contributed by atoms with van der Waals surface area (Å²) in [6.07, 6.45) is 0. The standard InChI is InChI=1S/C25H22O10/c1-10(12-7-17(33-2)21(30)18(8-12)34-3)19-15(28)9-16(29)20-22(31)23(32)24(35-25(19)20)11-4-5-13(26)14(27)6-11/h4-10,26-30,32H,1-3H3. The van der Waals surface area contributed by atoms with Gasteiger partial charge in [0.2, 0.25) is 16.9 Å². The summed E-state index contributed by atoms with van der Waals surface area (Å²) >= 11 is 0. The minimum atomic E-state index is -0.972. The van der Waals surface area contributed by atoms with E-state index in [1.807, 2.05) is 0 Å². The van der Waals surface area contributed by atoms with Crippen LogP contribution in [0.2, 0.25) is 0 Å². The first-order chi connectivity index (χ1) is 16.6. The zero-order valence-electron chi connectivity index (χ0n) is 18.9. The van der Waals surface area contributed by atoms with E-state index in [-0.39, 0.29) is 45.1 Å². The zero-order valence-corrected chi connectivity index (χ0v) is 18.9. The van der Waals surface area contributed by atoms with E-state index >= 15 is 0 Å². The highest BCUT2D eigenvalue weighted by Gasteiger charge is 2.27. The minimum absolute atomic E-state index is 0.0613. The molecule has 1 heterocycles. The number of phenolic OH excluding ortho intramolecular Hbond substituents is 5. The summed E-state index contributed by atoms with van der Waals surface area (Å²) in [5.74, 6) is -3.85. The maximum atomic E-state index is 13.0. The SMILES string of the molecule is COc1cc(C(C)c2c(O)cc(O)c3c(=O)c(O)c(-c4ccc(O)c(O)c4)oc23)cc(OC)c1O. The highest BCUT2D eigenvalue weighted by molar-refractivity contribution is 5.91. The van der Waals surface area contributed by atoms with Gasteiger partial charge in [0, 0.05) is 23.1 Å². The second kappa shape index (κ2) is 8.56. The summed E-state index contributed by atoms with van der Waals surface area (Å²) in [5.41, 5.74) is -0.537. The van der Waals surface area contributed by atoms with Crippen LogP contribution in [-0.4, -0.2) is 44.9 Å². The van der Waals surface area contributed by atoms with Crippen LogP contribution in [0.5, 0.6) is 46.0 Å². The highest BCUT2D eigenvalue weighted by atomic mass is 16.5. The molecule has 6 N–H and O–H groups in total. The first-order valence-electron chi connectivity index (χ1n) is 10.3. The molecule has 182 valence electrons. The Morgan fingerprint density at radius 2 is 1.40 bits per heavy atom. The first kappa shape index (κ1) is 23.4. The summed E-state index contributed by atoms with van der Waals surface area (Å²) in [6, 6.07) is 7.52. The van der Waals surface area contributed by atoms with Crippen molar-refractivity contribution in [3.8, 4) is 57.3 Å². The van der Waals surface area contributed by atoms with Gasteiger partial charge in [-0.25, -0.2) is 0 Å². The maximum absolute atomic E-state index is 13.0. The van der Waals surface area contributed by atoms with Crippen molar-refractivity contribution >= 4 is 11.0 Å². The van der Waals surface area contributed by atoms with Crippen molar-refractivity contribution < 1.29 is 44.5 Å². The van der Waals surface area contributed by atoms with Crippen LogP contribution in [0.1, 0.15) is 24.0 Å². The van der Waals surface area contributed by atoms with E-state index in [1.165, 1.54) is 32.4 Å². The number of methoxy groups -OCH3 is 2. The average Bonchev–Trinajstić information content (AvgIpc) is 2.82. The van der Waals surface area contributed by atoms with E-state index in [4.69, 9.17) is 13.9 Å². The molecule has 0 aliphatic rings. The lowest BCUT2D eigenvalue weighted by atomic mass is 9.90. The van der Waals surface area contributed by atoms with Gasteiger partial charge in [-0.2, -0.15) is 0 Å². The molecule has 1 atom stereocenters. The fourth-order valence-electron chi connectivity index (χ4n) is 3.95. The van der Waals surface area contributed by atoms with Gasteiger partial charge in [-0.05, 0) is 35.9 Å². The molecule has 4 aromatic rings. The van der Waals surface area contributed by atoms with Crippen LogP contribution in [0.15, 0.2) is 45.6 Å². The molecule has 0 spiro atoms. The third-order valence-electron chi connectivity index (χ3n) is 5.81. The second-order valence-electron chi connectivity index (χ2n) is 7.84. The molecule has 0 aliphatic heterocycles. The van der Waals surface area contributed by atoms with E-state index in [1.54, 1.807) is 6.92 Å². The molecule has 1 aromatic heterocycles. The van der Waals surface area contributed by atoms with E-state index in [0.717, 1.165) is 18.2 Å². The predicted octanol–water partition coefficient (Wildman–Crippen LogP) is 3.86. The summed E-state index contributed by atoms with van der Waals surface area (Å²) in [7, 11) is 2.72. The summed E-state index contributed by atoms with van der Waals surface area (Å²) in [5, 5.41) is 61.0. The fourth-order valence-corrected chi connectivity index (χ4v) is 3.95. The number of rotatable bonds is 5. The molecule has 0 amide bonds. The minimum Gasteiger partial charge on any atom is -0.507 e. The van der Waals surface area contributed by atoms with Crippen LogP contribution in [0.25, 0.3) is 22.3 Å². The molecule has 0 saturated heterocycles. The van der Waals surface area contributed by atoms with Crippen LogP contribution < -0.4 is 14.9 Å². The van der Waals surface area contributed by atoms with Gasteiger partial charge in [0.15, 0.2) is 28.8 Å². The molecule has 10 nitrogen and oxygen atoms in total. The molecule has 3 aromatic carbocycles. The molecule has 1 unspecified atom stereocenters. The van der Waals surface area contributed by atoms with Crippen molar-refractivity contribution in [3.05, 3.63) is 57.7 Å². The van der Waals surface area contributed by atoms with Gasteiger partial charge in [-0.1, -0.05) is 6.92 Å². The quantitative estimate of drug-likeness (QED) is 0.230. The van der Waals surface area contributed by atoms with Gasteiger partial charge < -0.3 is 44.5 Å². The lowest BCUT2D eigenvalue weighted by molar-refractivity contribution is 0.339. The molecule has 0 fully saturated rings. The zero-order chi connectivity index (χ0) is 25.6. The Morgan fingerprint density at radius 1 is 0.771 bits per heavy atom. The number of hydrogen-bond donors (Lipinski definition) is 6. The lowest BCUT2D eigenvalue weighted by Gasteiger charge is -2.19. The lowest BCUT2D eigenvalue weighted by Crippen LogP contribution is -2.07. The van der Waals surface area contributed by atoms with Crippen molar-refractivity contribution in [2.45, 2.75) is 12.8 Å². The normalized spacial score (nSPS) is 12.0. The topological polar surface area (TPSA) is 170 Å². The van der Waals surface area contributed by atoms with Gasteiger partial charge in [0.1, 0.15) is 22.5 Å².